The Hall–Kier alpha value is -1.55. The number of benzene rings is 1. The average molecular weight is 312 g/mol. The molecule has 22 heavy (non-hydrogen) atoms. The van der Waals surface area contributed by atoms with Crippen LogP contribution in [-0.2, 0) is 18.4 Å². The van der Waals surface area contributed by atoms with Crippen molar-refractivity contribution in [3.05, 3.63) is 45.7 Å². The van der Waals surface area contributed by atoms with E-state index in [0.717, 1.165) is 53.5 Å². The number of hydrogen-bond donors (Lipinski definition) is 0. The highest BCUT2D eigenvalue weighted by Crippen LogP contribution is 2.43. The normalized spacial score (nSPS) is 22.6. The molecular formula is C18H20N2OS. The molecule has 1 aliphatic heterocycles. The summed E-state index contributed by atoms with van der Waals surface area (Å²) in [4.78, 5) is 18.1. The van der Waals surface area contributed by atoms with Crippen LogP contribution in [0.15, 0.2) is 34.2 Å². The minimum atomic E-state index is -0.113. The van der Waals surface area contributed by atoms with E-state index in [0.29, 0.717) is 0 Å². The molecule has 114 valence electrons. The summed E-state index contributed by atoms with van der Waals surface area (Å²) < 4.78 is 1.90. The summed E-state index contributed by atoms with van der Waals surface area (Å²) in [6.45, 7) is 5.20. The highest BCUT2D eigenvalue weighted by Gasteiger charge is 2.38. The Kier molecular flexibility index (Phi) is 3.19. The molecule has 1 aromatic carbocycles. The topological polar surface area (TPSA) is 34.9 Å². The van der Waals surface area contributed by atoms with Crippen molar-refractivity contribution in [1.82, 2.24) is 9.55 Å². The predicted molar refractivity (Wildman–Crippen MR) is 90.6 cm³/mol. The molecule has 0 fully saturated rings. The van der Waals surface area contributed by atoms with Crippen molar-refractivity contribution in [1.29, 1.82) is 0 Å². The largest absolute Gasteiger partial charge is 0.287 e. The molecule has 3 nitrogen and oxygen atoms in total. The average Bonchev–Trinajstić information content (AvgIpc) is 2.55. The zero-order chi connectivity index (χ0) is 15.3. The monoisotopic (exact) mass is 312 g/mol. The number of fused-ring (bicyclic) bond motifs is 4. The van der Waals surface area contributed by atoms with Gasteiger partial charge in [-0.2, -0.15) is 0 Å². The Morgan fingerprint density at radius 2 is 2.18 bits per heavy atom. The fraction of sp³-hybridized carbons (Fsp3) is 0.444. The van der Waals surface area contributed by atoms with Crippen LogP contribution in [0, 0.1) is 0 Å². The summed E-state index contributed by atoms with van der Waals surface area (Å²) in [5, 5.41) is 0.894. The molecule has 0 spiro atoms. The van der Waals surface area contributed by atoms with Gasteiger partial charge in [0.1, 0.15) is 0 Å². The second-order valence-corrected chi connectivity index (χ2v) is 7.59. The molecule has 0 bridgehead atoms. The highest BCUT2D eigenvalue weighted by atomic mass is 32.2. The zero-order valence-electron chi connectivity index (χ0n) is 13.1. The quantitative estimate of drug-likeness (QED) is 0.754. The molecule has 1 atom stereocenters. The third-order valence-corrected chi connectivity index (χ3v) is 6.19. The zero-order valence-corrected chi connectivity index (χ0v) is 13.9. The summed E-state index contributed by atoms with van der Waals surface area (Å²) in [5.41, 5.74) is 4.40. The molecule has 0 unspecified atom stereocenters. The van der Waals surface area contributed by atoms with Gasteiger partial charge in [-0.1, -0.05) is 49.9 Å². The predicted octanol–water partition coefficient (Wildman–Crippen LogP) is 3.63. The molecule has 2 aromatic rings. The van der Waals surface area contributed by atoms with Gasteiger partial charge in [0.15, 0.2) is 5.16 Å². The van der Waals surface area contributed by atoms with Crippen molar-refractivity contribution in [3.63, 3.8) is 0 Å². The number of nitrogens with zero attached hydrogens (tertiary/aromatic N) is 2. The summed E-state index contributed by atoms with van der Waals surface area (Å²) in [7, 11) is 0. The summed E-state index contributed by atoms with van der Waals surface area (Å²) in [5.74, 6) is 1.05. The third-order valence-electron chi connectivity index (χ3n) is 5.13. The Bertz CT molecular complexity index is 811. The van der Waals surface area contributed by atoms with E-state index >= 15 is 0 Å². The van der Waals surface area contributed by atoms with Gasteiger partial charge in [0, 0.05) is 23.3 Å². The summed E-state index contributed by atoms with van der Waals surface area (Å²) in [6.07, 6.45) is 2.94. The second kappa shape index (κ2) is 4.98. The molecule has 1 aliphatic carbocycles. The lowest BCUT2D eigenvalue weighted by Gasteiger charge is -2.36. The molecule has 4 rings (SSSR count). The maximum absolute atomic E-state index is 13.2. The first-order valence-corrected chi connectivity index (χ1v) is 8.99. The first kappa shape index (κ1) is 14.1. The molecule has 0 amide bonds. The van der Waals surface area contributed by atoms with Gasteiger partial charge < -0.3 is 0 Å². The van der Waals surface area contributed by atoms with Crippen LogP contribution in [0.5, 0.6) is 0 Å². The number of aromatic nitrogens is 2. The van der Waals surface area contributed by atoms with E-state index in [2.05, 4.69) is 32.0 Å². The fourth-order valence-electron chi connectivity index (χ4n) is 3.68. The molecule has 4 heteroatoms. The number of thioether (sulfide) groups is 1. The molecule has 0 N–H and O–H groups in total. The minimum Gasteiger partial charge on any atom is -0.287 e. The van der Waals surface area contributed by atoms with Crippen molar-refractivity contribution in [2.45, 2.75) is 50.2 Å². The maximum Gasteiger partial charge on any atom is 0.258 e. The van der Waals surface area contributed by atoms with Gasteiger partial charge in [0.2, 0.25) is 0 Å². The molecule has 2 aliphatic rings. The Morgan fingerprint density at radius 1 is 1.36 bits per heavy atom. The van der Waals surface area contributed by atoms with E-state index in [1.807, 2.05) is 10.6 Å². The smallest absolute Gasteiger partial charge is 0.258 e. The lowest BCUT2D eigenvalue weighted by atomic mass is 9.69. The van der Waals surface area contributed by atoms with Crippen LogP contribution in [0.4, 0.5) is 0 Å². The lowest BCUT2D eigenvalue weighted by Crippen LogP contribution is -2.40. The summed E-state index contributed by atoms with van der Waals surface area (Å²) >= 11 is 1.71. The van der Waals surface area contributed by atoms with E-state index < -0.39 is 0 Å². The Labute approximate surface area is 134 Å². The van der Waals surface area contributed by atoms with Gasteiger partial charge >= 0.3 is 0 Å². The van der Waals surface area contributed by atoms with Gasteiger partial charge in [-0.05, 0) is 24.8 Å². The molecule has 1 aromatic heterocycles. The van der Waals surface area contributed by atoms with Crippen LogP contribution in [0.2, 0.25) is 0 Å². The van der Waals surface area contributed by atoms with Crippen LogP contribution >= 0.6 is 11.8 Å². The SMILES string of the molecule is CC[C@]1(C)Cc2ccccc2-c2nc3n(c(=O)c21)CCCS3. The van der Waals surface area contributed by atoms with E-state index in [-0.39, 0.29) is 11.0 Å². The van der Waals surface area contributed by atoms with E-state index in [1.165, 1.54) is 5.56 Å². The van der Waals surface area contributed by atoms with Gasteiger partial charge in [-0.25, -0.2) is 4.98 Å². The van der Waals surface area contributed by atoms with Crippen LogP contribution in [-0.4, -0.2) is 15.3 Å². The van der Waals surface area contributed by atoms with Gasteiger partial charge in [-0.15, -0.1) is 0 Å². The van der Waals surface area contributed by atoms with E-state index in [1.54, 1.807) is 11.8 Å². The third kappa shape index (κ3) is 1.89. The van der Waals surface area contributed by atoms with Crippen LogP contribution < -0.4 is 5.56 Å². The van der Waals surface area contributed by atoms with Crippen LogP contribution in [0.3, 0.4) is 0 Å². The standard InChI is InChI=1S/C18H20N2OS/c1-3-18(2)11-12-7-4-5-8-13(12)15-14(18)16(21)20-9-6-10-22-17(20)19-15/h4-5,7-8H,3,6,9-11H2,1-2H3/t18-/m1/s1. The molecule has 2 heterocycles. The molecule has 0 saturated heterocycles. The lowest BCUT2D eigenvalue weighted by molar-refractivity contribution is 0.425. The van der Waals surface area contributed by atoms with Crippen molar-refractivity contribution >= 4 is 11.8 Å². The van der Waals surface area contributed by atoms with Crippen LogP contribution in [0.1, 0.15) is 37.8 Å². The minimum absolute atomic E-state index is 0.113. The van der Waals surface area contributed by atoms with Gasteiger partial charge in [0.05, 0.1) is 11.3 Å². The van der Waals surface area contributed by atoms with E-state index in [9.17, 15) is 4.79 Å². The molecular weight excluding hydrogens is 292 g/mol. The van der Waals surface area contributed by atoms with Crippen molar-refractivity contribution in [2.75, 3.05) is 5.75 Å². The van der Waals surface area contributed by atoms with Gasteiger partial charge in [0.25, 0.3) is 5.56 Å². The Balaban J connectivity index is 2.08. The van der Waals surface area contributed by atoms with E-state index in [4.69, 9.17) is 4.98 Å². The van der Waals surface area contributed by atoms with Crippen molar-refractivity contribution in [2.24, 2.45) is 0 Å². The highest BCUT2D eigenvalue weighted by molar-refractivity contribution is 7.99. The molecule has 0 radical (unpaired) electrons. The Morgan fingerprint density at radius 3 is 3.00 bits per heavy atom. The second-order valence-electron chi connectivity index (χ2n) is 6.52. The summed E-state index contributed by atoms with van der Waals surface area (Å²) in [6, 6.07) is 8.42. The van der Waals surface area contributed by atoms with Crippen LogP contribution in [0.25, 0.3) is 11.3 Å². The number of rotatable bonds is 1. The van der Waals surface area contributed by atoms with Gasteiger partial charge in [-0.3, -0.25) is 9.36 Å². The first-order chi connectivity index (χ1) is 10.6. The fourth-order valence-corrected chi connectivity index (χ4v) is 4.63. The first-order valence-electron chi connectivity index (χ1n) is 8.00. The molecule has 0 saturated carbocycles. The van der Waals surface area contributed by atoms with Crippen molar-refractivity contribution < 1.29 is 0 Å². The number of hydrogen-bond acceptors (Lipinski definition) is 3. The maximum atomic E-state index is 13.2. The van der Waals surface area contributed by atoms with Crippen molar-refractivity contribution in [3.8, 4) is 11.3 Å².